The highest BCUT2D eigenvalue weighted by atomic mass is 14.0. The molecule has 0 saturated carbocycles. The Bertz CT molecular complexity index is 3630. The first-order chi connectivity index (χ1) is 41.8. The van der Waals surface area contributed by atoms with Gasteiger partial charge in [-0.25, -0.2) is 0 Å². The number of hydrogen-bond acceptors (Lipinski definition) is 0. The van der Waals surface area contributed by atoms with Gasteiger partial charge in [0.05, 0.1) is 0 Å². The number of rotatable bonds is 9. The van der Waals surface area contributed by atoms with Crippen molar-refractivity contribution in [3.05, 3.63) is 374 Å². The monoisotopic (exact) mass is 1160 g/mol. The highest BCUT2D eigenvalue weighted by Crippen LogP contribution is 2.18. The van der Waals surface area contributed by atoms with Gasteiger partial charge in [-0.1, -0.05) is 323 Å². The second-order valence-corrected chi connectivity index (χ2v) is 22.0. The van der Waals surface area contributed by atoms with E-state index < -0.39 is 0 Å². The van der Waals surface area contributed by atoms with Crippen molar-refractivity contribution in [2.75, 3.05) is 0 Å². The Kier molecular flexibility index (Phi) is 37.0. The van der Waals surface area contributed by atoms with Crippen LogP contribution in [0.2, 0.25) is 0 Å². The van der Waals surface area contributed by atoms with E-state index in [1.807, 2.05) is 78.9 Å². The zero-order valence-electron chi connectivity index (χ0n) is 56.8. The van der Waals surface area contributed by atoms with Crippen LogP contribution in [-0.4, -0.2) is 0 Å². The van der Waals surface area contributed by atoms with Gasteiger partial charge in [0.1, 0.15) is 0 Å². The number of hydrogen-bond donors (Lipinski definition) is 0. The summed E-state index contributed by atoms with van der Waals surface area (Å²) in [4.78, 5) is 0. The van der Waals surface area contributed by atoms with E-state index in [1.54, 1.807) is 0 Å². The second kappa shape index (κ2) is 42.5. The third-order valence-corrected chi connectivity index (χ3v) is 14.5. The van der Waals surface area contributed by atoms with Crippen molar-refractivity contribution < 1.29 is 0 Å². The van der Waals surface area contributed by atoms with Gasteiger partial charge in [-0.3, -0.25) is 0 Å². The molecule has 88 heavy (non-hydrogen) atoms. The fourth-order valence-corrected chi connectivity index (χ4v) is 8.82. The summed E-state index contributed by atoms with van der Waals surface area (Å²) in [6.45, 7) is 67.1. The van der Waals surface area contributed by atoms with Crippen LogP contribution in [0.25, 0.3) is 54.7 Å². The van der Waals surface area contributed by atoms with E-state index in [1.165, 1.54) is 139 Å². The van der Waals surface area contributed by atoms with E-state index in [9.17, 15) is 0 Å². The summed E-state index contributed by atoms with van der Waals surface area (Å²) >= 11 is 0. The average molecular weight is 1160 g/mol. The van der Waals surface area contributed by atoms with Gasteiger partial charge in [0, 0.05) is 0 Å². The molecule has 0 amide bonds. The van der Waals surface area contributed by atoms with Crippen molar-refractivity contribution in [2.24, 2.45) is 0 Å². The molecule has 0 saturated heterocycles. The first-order valence-electron chi connectivity index (χ1n) is 30.1. The molecule has 9 aromatic carbocycles. The maximum atomic E-state index is 3.76. The highest BCUT2D eigenvalue weighted by molar-refractivity contribution is 5.58. The van der Waals surface area contributed by atoms with E-state index in [0.717, 1.165) is 0 Å². The molecule has 0 aliphatic rings. The molecule has 0 N–H and O–H groups in total. The molecule has 0 radical (unpaired) electrons. The van der Waals surface area contributed by atoms with Crippen LogP contribution >= 0.6 is 0 Å². The third-order valence-electron chi connectivity index (χ3n) is 14.5. The minimum Gasteiger partial charge on any atom is -0.0985 e. The SMILES string of the molecule is C=Cc1c(C)cccc1C.C=Cc1cc(C)c(C)cc1C.C=Cc1cc(C)cc(C)c1.C=Cc1cc(C)ccc1C.C=Cc1ccc(C)cc1.C=Cc1ccc(C)cc1C.C=Cc1cccc(C)c1.C=Cc1cccc(C)c1C.C=Cc1ccccc1C. The molecule has 9 rings (SSSR count). The molecule has 0 aliphatic heterocycles. The van der Waals surface area contributed by atoms with E-state index in [0.29, 0.717) is 0 Å². The largest absolute Gasteiger partial charge is 0.0985 e. The molecule has 0 heterocycles. The van der Waals surface area contributed by atoms with Crippen LogP contribution in [0.15, 0.2) is 235 Å². The van der Waals surface area contributed by atoms with Crippen LogP contribution in [0, 0.1) is 111 Å². The Morgan fingerprint density at radius 1 is 0.193 bits per heavy atom. The topological polar surface area (TPSA) is 0 Å². The van der Waals surface area contributed by atoms with E-state index in [4.69, 9.17) is 0 Å². The Morgan fingerprint density at radius 3 is 1.05 bits per heavy atom. The minimum absolute atomic E-state index is 1.18. The Morgan fingerprint density at radius 2 is 0.591 bits per heavy atom. The molecule has 0 aromatic heterocycles. The standard InChI is InChI=1S/C11H14.5C10H12.3C9H10/c1-5-11-7-9(3)8(2)6-10(11)4;1-4-10-6-8(2)5-9(3)7-10;1-4-10-6-5-8(2)7-9(10)3;1-4-10-7-8(2)5-6-9(10)3;1-4-10-7-5-6-8(2)9(10)3;1-4-10-8(2)6-5-7-9(10)3;1-3-9-6-4-8(2)5-7-9;1-3-9-6-4-5-8(2)7-9;1-3-9-7-5-4-6-8(9)2/h5-7H,1H2,2-4H3;5*4-7H,1H2,2-3H3;3*3-7H,1H2,2H3. The Hall–Kier alpha value is -9.36. The number of benzene rings is 9. The van der Waals surface area contributed by atoms with Gasteiger partial charge in [0.15, 0.2) is 0 Å². The predicted octanol–water partition coefficient (Wildman–Crippen LogP) is 25.9. The molecular weight excluding hydrogens is 1060 g/mol. The van der Waals surface area contributed by atoms with E-state index in [2.05, 4.69) is 322 Å². The summed E-state index contributed by atoms with van der Waals surface area (Å²) in [5.74, 6) is 0. The van der Waals surface area contributed by atoms with Crippen LogP contribution in [0.5, 0.6) is 0 Å². The molecule has 0 nitrogen and oxygen atoms in total. The summed E-state index contributed by atoms with van der Waals surface area (Å²) in [5.41, 5.74) is 31.9. The summed E-state index contributed by atoms with van der Waals surface area (Å²) in [6.07, 6.45) is 16.9. The molecule has 0 unspecified atom stereocenters. The van der Waals surface area contributed by atoms with Gasteiger partial charge in [0.25, 0.3) is 0 Å². The maximum Gasteiger partial charge on any atom is -0.0204 e. The lowest BCUT2D eigenvalue weighted by molar-refractivity contribution is 1.29. The fourth-order valence-electron chi connectivity index (χ4n) is 8.82. The molecule has 0 aliphatic carbocycles. The van der Waals surface area contributed by atoms with Crippen molar-refractivity contribution in [1.82, 2.24) is 0 Å². The molecule has 0 spiro atoms. The van der Waals surface area contributed by atoms with Crippen molar-refractivity contribution >= 4 is 54.7 Å². The molecule has 9 aromatic rings. The molecule has 0 heteroatoms. The van der Waals surface area contributed by atoms with Gasteiger partial charge in [-0.2, -0.15) is 0 Å². The summed E-state index contributed by atoms with van der Waals surface area (Å²) < 4.78 is 0. The normalized spacial score (nSPS) is 9.32. The van der Waals surface area contributed by atoms with Gasteiger partial charge >= 0.3 is 0 Å². The van der Waals surface area contributed by atoms with Crippen molar-refractivity contribution in [2.45, 2.75) is 111 Å². The fraction of sp³-hybridized carbons (Fsp3) is 0.182. The first kappa shape index (κ1) is 76.7. The molecule has 456 valence electrons. The van der Waals surface area contributed by atoms with Gasteiger partial charge in [-0.05, 0) is 216 Å². The molecular formula is C88H104. The van der Waals surface area contributed by atoms with Gasteiger partial charge in [0.2, 0.25) is 0 Å². The van der Waals surface area contributed by atoms with Crippen LogP contribution < -0.4 is 0 Å². The lowest BCUT2D eigenvalue weighted by atomic mass is 10.0. The third kappa shape index (κ3) is 29.6. The first-order valence-corrected chi connectivity index (χ1v) is 30.1. The molecule has 0 bridgehead atoms. The lowest BCUT2D eigenvalue weighted by Crippen LogP contribution is -1.86. The van der Waals surface area contributed by atoms with Crippen LogP contribution in [0.1, 0.15) is 139 Å². The van der Waals surface area contributed by atoms with Crippen LogP contribution in [0.3, 0.4) is 0 Å². The lowest BCUT2D eigenvalue weighted by Gasteiger charge is -2.04. The van der Waals surface area contributed by atoms with E-state index >= 15 is 0 Å². The van der Waals surface area contributed by atoms with Crippen molar-refractivity contribution in [3.63, 3.8) is 0 Å². The molecule has 0 atom stereocenters. The summed E-state index contributed by atoms with van der Waals surface area (Å²) in [6, 6.07) is 60.8. The highest BCUT2D eigenvalue weighted by Gasteiger charge is 1.99. The Balaban J connectivity index is 0.000000495. The van der Waals surface area contributed by atoms with Crippen LogP contribution in [0.4, 0.5) is 0 Å². The van der Waals surface area contributed by atoms with E-state index in [-0.39, 0.29) is 0 Å². The smallest absolute Gasteiger partial charge is 0.0204 e. The quantitative estimate of drug-likeness (QED) is 0.135. The Labute approximate surface area is 536 Å². The minimum atomic E-state index is 1.18. The van der Waals surface area contributed by atoms with Crippen molar-refractivity contribution in [3.8, 4) is 0 Å². The average Bonchev–Trinajstić information content (AvgIpc) is 3.44. The predicted molar refractivity (Wildman–Crippen MR) is 405 cm³/mol. The second-order valence-electron chi connectivity index (χ2n) is 22.0. The van der Waals surface area contributed by atoms with Crippen molar-refractivity contribution in [1.29, 1.82) is 0 Å². The molecule has 0 fully saturated rings. The summed E-state index contributed by atoms with van der Waals surface area (Å²) in [7, 11) is 0. The summed E-state index contributed by atoms with van der Waals surface area (Å²) in [5, 5.41) is 0. The number of aryl methyl sites for hydroxylation is 15. The van der Waals surface area contributed by atoms with Gasteiger partial charge in [-0.15, -0.1) is 0 Å². The zero-order valence-corrected chi connectivity index (χ0v) is 56.8. The van der Waals surface area contributed by atoms with Gasteiger partial charge < -0.3 is 0 Å². The maximum absolute atomic E-state index is 3.76. The van der Waals surface area contributed by atoms with Crippen LogP contribution in [-0.2, 0) is 0 Å². The zero-order chi connectivity index (χ0) is 66.3.